The molecule has 0 aliphatic rings. The number of carbonyl (C=O) groups excluding carboxylic acids is 1. The highest BCUT2D eigenvalue weighted by Crippen LogP contribution is 2.06. The molecule has 70 valence electrons. The fourth-order valence-corrected chi connectivity index (χ4v) is 0.499. The minimum absolute atomic E-state index is 0.221. The van der Waals surface area contributed by atoms with Gasteiger partial charge < -0.3 is 10.5 Å². The molecule has 0 fully saturated rings. The van der Waals surface area contributed by atoms with E-state index in [1.807, 2.05) is 0 Å². The van der Waals surface area contributed by atoms with Gasteiger partial charge in [0.25, 0.3) is 0 Å². The van der Waals surface area contributed by atoms with Gasteiger partial charge in [-0.1, -0.05) is 6.58 Å². The fourth-order valence-electron chi connectivity index (χ4n) is 0.499. The molecule has 0 aliphatic carbocycles. The van der Waals surface area contributed by atoms with Crippen molar-refractivity contribution in [3.8, 4) is 0 Å². The van der Waals surface area contributed by atoms with Gasteiger partial charge in [-0.15, -0.1) is 0 Å². The predicted molar refractivity (Wildman–Crippen MR) is 47.6 cm³/mol. The molecule has 0 aliphatic heterocycles. The summed E-state index contributed by atoms with van der Waals surface area (Å²) in [7, 11) is 0. The van der Waals surface area contributed by atoms with E-state index in [0.717, 1.165) is 0 Å². The van der Waals surface area contributed by atoms with E-state index in [9.17, 15) is 4.79 Å². The first-order valence-electron chi connectivity index (χ1n) is 3.73. The van der Waals surface area contributed by atoms with Crippen molar-refractivity contribution in [3.63, 3.8) is 0 Å². The van der Waals surface area contributed by atoms with Crippen LogP contribution in [0.4, 0.5) is 4.79 Å². The van der Waals surface area contributed by atoms with Crippen LogP contribution in [0.1, 0.15) is 20.8 Å². The number of rotatable bonds is 2. The van der Waals surface area contributed by atoms with Crippen LogP contribution in [0.2, 0.25) is 0 Å². The van der Waals surface area contributed by atoms with Crippen molar-refractivity contribution in [1.82, 2.24) is 5.32 Å². The van der Waals surface area contributed by atoms with Crippen LogP contribution in [-0.4, -0.2) is 18.2 Å². The molecule has 0 aromatic rings. The zero-order chi connectivity index (χ0) is 9.78. The van der Waals surface area contributed by atoms with Gasteiger partial charge in [-0.2, -0.15) is 0 Å². The third-order valence-electron chi connectivity index (χ3n) is 0.924. The molecule has 0 unspecified atom stereocenters. The van der Waals surface area contributed by atoms with Crippen LogP contribution in [0.25, 0.3) is 0 Å². The molecule has 0 heterocycles. The first-order chi connectivity index (χ1) is 5.35. The van der Waals surface area contributed by atoms with Gasteiger partial charge in [0.15, 0.2) is 0 Å². The third-order valence-corrected chi connectivity index (χ3v) is 0.924. The Bertz CT molecular complexity index is 182. The van der Waals surface area contributed by atoms with Crippen LogP contribution >= 0.6 is 0 Å². The normalized spacial score (nSPS) is 10.7. The summed E-state index contributed by atoms with van der Waals surface area (Å²) in [4.78, 5) is 11.0. The van der Waals surface area contributed by atoms with Gasteiger partial charge >= 0.3 is 6.09 Å². The van der Waals surface area contributed by atoms with E-state index in [1.54, 1.807) is 20.8 Å². The molecule has 0 aromatic carbocycles. The minimum atomic E-state index is -0.516. The highest BCUT2D eigenvalue weighted by atomic mass is 16.6. The third kappa shape index (κ3) is 5.73. The fraction of sp³-hybridized carbons (Fsp3) is 0.625. The molecular formula is C8H16N2O2. The standard InChI is InChI=1S/C8H16N2O2/c1-6(5-9)10-7(11)12-8(2,3)4/h1,5,9H2,2-4H3,(H,10,11). The predicted octanol–water partition coefficient (Wildman–Crippen LogP) is 0.983. The lowest BCUT2D eigenvalue weighted by Crippen LogP contribution is -2.33. The monoisotopic (exact) mass is 172 g/mol. The Morgan fingerprint density at radius 2 is 2.08 bits per heavy atom. The van der Waals surface area contributed by atoms with Crippen LogP contribution in [0, 0.1) is 0 Å². The van der Waals surface area contributed by atoms with E-state index in [-0.39, 0.29) is 6.54 Å². The van der Waals surface area contributed by atoms with E-state index in [1.165, 1.54) is 0 Å². The average molecular weight is 172 g/mol. The van der Waals surface area contributed by atoms with E-state index in [4.69, 9.17) is 10.5 Å². The Morgan fingerprint density at radius 1 is 1.58 bits per heavy atom. The van der Waals surface area contributed by atoms with Crippen molar-refractivity contribution in [2.75, 3.05) is 6.54 Å². The lowest BCUT2D eigenvalue weighted by atomic mass is 10.2. The number of hydrogen-bond donors (Lipinski definition) is 2. The highest BCUT2D eigenvalue weighted by Gasteiger charge is 2.15. The summed E-state index contributed by atoms with van der Waals surface area (Å²) in [5.74, 6) is 0. The van der Waals surface area contributed by atoms with Gasteiger partial charge in [0.1, 0.15) is 5.60 Å². The van der Waals surface area contributed by atoms with Gasteiger partial charge in [-0.05, 0) is 20.8 Å². The number of nitrogens with one attached hydrogen (secondary N) is 1. The molecule has 0 radical (unpaired) electrons. The van der Waals surface area contributed by atoms with Crippen LogP contribution in [-0.2, 0) is 4.74 Å². The molecule has 0 atom stereocenters. The molecule has 3 N–H and O–H groups in total. The van der Waals surface area contributed by atoms with Crippen molar-refractivity contribution >= 4 is 6.09 Å². The zero-order valence-electron chi connectivity index (χ0n) is 7.81. The van der Waals surface area contributed by atoms with Crippen LogP contribution in [0.5, 0.6) is 0 Å². The second kappa shape index (κ2) is 4.11. The summed E-state index contributed by atoms with van der Waals surface area (Å²) >= 11 is 0. The first-order valence-corrected chi connectivity index (χ1v) is 3.73. The molecule has 0 saturated carbocycles. The van der Waals surface area contributed by atoms with Crippen LogP contribution in [0.15, 0.2) is 12.3 Å². The topological polar surface area (TPSA) is 64.3 Å². The van der Waals surface area contributed by atoms with Gasteiger partial charge in [0.2, 0.25) is 0 Å². The largest absolute Gasteiger partial charge is 0.444 e. The van der Waals surface area contributed by atoms with Crippen molar-refractivity contribution in [1.29, 1.82) is 0 Å². The Morgan fingerprint density at radius 3 is 2.42 bits per heavy atom. The lowest BCUT2D eigenvalue weighted by molar-refractivity contribution is 0.0545. The van der Waals surface area contributed by atoms with Crippen molar-refractivity contribution < 1.29 is 9.53 Å². The van der Waals surface area contributed by atoms with E-state index in [2.05, 4.69) is 11.9 Å². The minimum Gasteiger partial charge on any atom is -0.444 e. The van der Waals surface area contributed by atoms with Crippen LogP contribution in [0.3, 0.4) is 0 Å². The summed E-state index contributed by atoms with van der Waals surface area (Å²) in [5.41, 5.74) is 5.18. The smallest absolute Gasteiger partial charge is 0.411 e. The second-order valence-electron chi connectivity index (χ2n) is 3.43. The molecule has 1 amide bonds. The summed E-state index contributed by atoms with van der Waals surface area (Å²) < 4.78 is 4.94. The molecule has 0 aromatic heterocycles. The maximum Gasteiger partial charge on any atom is 0.411 e. The van der Waals surface area contributed by atoms with Crippen molar-refractivity contribution in [3.05, 3.63) is 12.3 Å². The van der Waals surface area contributed by atoms with Crippen molar-refractivity contribution in [2.45, 2.75) is 26.4 Å². The lowest BCUT2D eigenvalue weighted by Gasteiger charge is -2.19. The van der Waals surface area contributed by atoms with Gasteiger partial charge in [-0.3, -0.25) is 5.32 Å². The molecule has 0 bridgehead atoms. The number of hydrogen-bond acceptors (Lipinski definition) is 3. The SMILES string of the molecule is C=C(CN)NC(=O)OC(C)(C)C. The second-order valence-corrected chi connectivity index (χ2v) is 3.43. The van der Waals surface area contributed by atoms with E-state index >= 15 is 0 Å². The molecule has 4 heteroatoms. The molecular weight excluding hydrogens is 156 g/mol. The summed E-state index contributed by atoms with van der Waals surface area (Å²) in [6, 6.07) is 0. The number of alkyl carbamates (subject to hydrolysis) is 1. The van der Waals surface area contributed by atoms with Gasteiger partial charge in [0, 0.05) is 12.2 Å². The molecule has 4 nitrogen and oxygen atoms in total. The summed E-state index contributed by atoms with van der Waals surface area (Å²) in [5, 5.41) is 2.41. The maximum absolute atomic E-state index is 11.0. The Balaban J connectivity index is 3.83. The number of ether oxygens (including phenoxy) is 1. The van der Waals surface area contributed by atoms with Gasteiger partial charge in [-0.25, -0.2) is 4.79 Å². The quantitative estimate of drug-likeness (QED) is 0.652. The van der Waals surface area contributed by atoms with E-state index in [0.29, 0.717) is 5.70 Å². The Hall–Kier alpha value is -1.03. The van der Waals surface area contributed by atoms with Crippen LogP contribution < -0.4 is 11.1 Å². The van der Waals surface area contributed by atoms with Crippen molar-refractivity contribution in [2.24, 2.45) is 5.73 Å². The Kier molecular flexibility index (Phi) is 3.76. The number of nitrogens with two attached hydrogens (primary N) is 1. The zero-order valence-corrected chi connectivity index (χ0v) is 7.81. The summed E-state index contributed by atoms with van der Waals surface area (Å²) in [6.45, 7) is 9.10. The molecule has 0 saturated heterocycles. The average Bonchev–Trinajstić information content (AvgIpc) is 1.82. The molecule has 12 heavy (non-hydrogen) atoms. The first kappa shape index (κ1) is 11.0. The molecule has 0 spiro atoms. The van der Waals surface area contributed by atoms with Gasteiger partial charge in [0.05, 0.1) is 0 Å². The van der Waals surface area contributed by atoms with E-state index < -0.39 is 11.7 Å². The number of carbonyl (C=O) groups is 1. The number of amides is 1. The summed E-state index contributed by atoms with van der Waals surface area (Å²) in [6.07, 6.45) is -0.516. The Labute approximate surface area is 72.8 Å². The highest BCUT2D eigenvalue weighted by molar-refractivity contribution is 5.69. The maximum atomic E-state index is 11.0. The molecule has 0 rings (SSSR count).